The molecule has 0 aliphatic rings. The Hall–Kier alpha value is -1.14. The summed E-state index contributed by atoms with van der Waals surface area (Å²) >= 11 is 0. The second kappa shape index (κ2) is 7.45. The normalized spacial score (nSPS) is 13.4. The van der Waals surface area contributed by atoms with Gasteiger partial charge in [-0.15, -0.1) is 0 Å². The molecule has 5 nitrogen and oxygen atoms in total. The van der Waals surface area contributed by atoms with Crippen LogP contribution in [0.2, 0.25) is 0 Å². The Balaban J connectivity index is 2.80. The van der Waals surface area contributed by atoms with Crippen molar-refractivity contribution in [3.05, 3.63) is 28.7 Å². The molecule has 1 heterocycles. The molecule has 0 spiro atoms. The molecule has 0 radical (unpaired) electrons. The van der Waals surface area contributed by atoms with E-state index in [-0.39, 0.29) is 16.5 Å². The second-order valence-corrected chi connectivity index (χ2v) is 6.35. The molecule has 0 aromatic carbocycles. The largest absolute Gasteiger partial charge is 0.328 e. The van der Waals surface area contributed by atoms with Gasteiger partial charge in [-0.3, -0.25) is 4.79 Å². The average Bonchev–Trinajstić information content (AvgIpc) is 2.36. The quantitative estimate of drug-likeness (QED) is 0.767. The zero-order chi connectivity index (χ0) is 14.3. The summed E-state index contributed by atoms with van der Waals surface area (Å²) < 4.78 is 27.0. The molecule has 0 fully saturated rings. The molecule has 0 aliphatic carbocycles. The fraction of sp³-hybridized carbons (Fsp3) is 0.615. The van der Waals surface area contributed by atoms with Gasteiger partial charge in [-0.05, 0) is 18.9 Å². The van der Waals surface area contributed by atoms with Gasteiger partial charge in [0.2, 0.25) is 15.6 Å². The molecule has 0 bridgehead atoms. The number of nitrogens with one attached hydrogen (secondary N) is 2. The van der Waals surface area contributed by atoms with Crippen LogP contribution in [0, 0.1) is 0 Å². The number of unbranched alkanes of at least 4 members (excludes halogenated alkanes) is 1. The lowest BCUT2D eigenvalue weighted by atomic mass is 10.1. The van der Waals surface area contributed by atoms with Crippen LogP contribution in [0.15, 0.2) is 28.0 Å². The monoisotopic (exact) mass is 286 g/mol. The van der Waals surface area contributed by atoms with E-state index < -0.39 is 10.0 Å². The third kappa shape index (κ3) is 5.16. The zero-order valence-corrected chi connectivity index (χ0v) is 12.3. The minimum Gasteiger partial charge on any atom is -0.328 e. The Kier molecular flexibility index (Phi) is 6.24. The Morgan fingerprint density at radius 3 is 2.47 bits per heavy atom. The first kappa shape index (κ1) is 15.9. The van der Waals surface area contributed by atoms with Crippen molar-refractivity contribution < 1.29 is 8.42 Å². The van der Waals surface area contributed by atoms with Crippen LogP contribution in [0.3, 0.4) is 0 Å². The minimum atomic E-state index is -3.55. The fourth-order valence-corrected chi connectivity index (χ4v) is 3.18. The Morgan fingerprint density at radius 2 is 1.95 bits per heavy atom. The fourth-order valence-electron chi connectivity index (χ4n) is 1.91. The van der Waals surface area contributed by atoms with E-state index in [0.29, 0.717) is 0 Å². The Labute approximate surface area is 114 Å². The maximum atomic E-state index is 12.2. The first-order chi connectivity index (χ1) is 8.99. The molecule has 0 saturated heterocycles. The maximum Gasteiger partial charge on any atom is 0.247 e. The lowest BCUT2D eigenvalue weighted by Gasteiger charge is -2.17. The highest BCUT2D eigenvalue weighted by atomic mass is 32.2. The van der Waals surface area contributed by atoms with Gasteiger partial charge in [-0.25, -0.2) is 13.1 Å². The smallest absolute Gasteiger partial charge is 0.247 e. The molecule has 2 N–H and O–H groups in total. The van der Waals surface area contributed by atoms with Crippen molar-refractivity contribution in [2.75, 3.05) is 0 Å². The molecule has 1 aromatic heterocycles. The van der Waals surface area contributed by atoms with Crippen molar-refractivity contribution in [3.63, 3.8) is 0 Å². The molecule has 108 valence electrons. The van der Waals surface area contributed by atoms with Crippen molar-refractivity contribution in [1.29, 1.82) is 0 Å². The standard InChI is InChI=1S/C13H22N2O3S/c1-3-5-7-11(6-4-2)15-19(17,18)12-8-9-13(16)14-10-12/h8-11,15H,3-7H2,1-2H3,(H,14,16). The molecule has 6 heteroatoms. The number of H-pyrrole nitrogens is 1. The number of rotatable bonds is 8. The number of hydrogen-bond acceptors (Lipinski definition) is 3. The van der Waals surface area contributed by atoms with E-state index in [4.69, 9.17) is 0 Å². The van der Waals surface area contributed by atoms with E-state index in [1.807, 2.05) is 6.92 Å². The van der Waals surface area contributed by atoms with Crippen LogP contribution >= 0.6 is 0 Å². The summed E-state index contributed by atoms with van der Waals surface area (Å²) in [6.45, 7) is 4.12. The van der Waals surface area contributed by atoms with Gasteiger partial charge in [0, 0.05) is 18.3 Å². The highest BCUT2D eigenvalue weighted by Gasteiger charge is 2.19. The van der Waals surface area contributed by atoms with Gasteiger partial charge in [0.1, 0.15) is 0 Å². The van der Waals surface area contributed by atoms with Crippen LogP contribution in [0.4, 0.5) is 0 Å². The van der Waals surface area contributed by atoms with E-state index in [2.05, 4.69) is 16.6 Å². The lowest BCUT2D eigenvalue weighted by Crippen LogP contribution is -2.35. The van der Waals surface area contributed by atoms with Gasteiger partial charge in [0.25, 0.3) is 0 Å². The summed E-state index contributed by atoms with van der Waals surface area (Å²) in [5, 5.41) is 0. The SMILES string of the molecule is CCCCC(CCC)NS(=O)(=O)c1ccc(=O)[nH]c1. The van der Waals surface area contributed by atoms with Crippen molar-refractivity contribution in [2.45, 2.75) is 56.9 Å². The number of sulfonamides is 1. The summed E-state index contributed by atoms with van der Waals surface area (Å²) in [6.07, 6.45) is 5.87. The third-order valence-electron chi connectivity index (χ3n) is 2.93. The molecule has 1 rings (SSSR count). The number of hydrogen-bond donors (Lipinski definition) is 2. The zero-order valence-electron chi connectivity index (χ0n) is 11.5. The van der Waals surface area contributed by atoms with Gasteiger partial charge in [0.15, 0.2) is 0 Å². The van der Waals surface area contributed by atoms with E-state index >= 15 is 0 Å². The van der Waals surface area contributed by atoms with Gasteiger partial charge in [-0.1, -0.05) is 33.1 Å². The van der Waals surface area contributed by atoms with Crippen molar-refractivity contribution in [3.8, 4) is 0 Å². The molecule has 0 amide bonds. The Morgan fingerprint density at radius 1 is 1.21 bits per heavy atom. The third-order valence-corrected chi connectivity index (χ3v) is 4.45. The Bertz CT molecular complexity index is 517. The molecule has 0 aliphatic heterocycles. The van der Waals surface area contributed by atoms with Crippen LogP contribution in [0.5, 0.6) is 0 Å². The van der Waals surface area contributed by atoms with E-state index in [1.54, 1.807) is 0 Å². The molecule has 19 heavy (non-hydrogen) atoms. The van der Waals surface area contributed by atoms with Crippen LogP contribution in [-0.4, -0.2) is 19.4 Å². The highest BCUT2D eigenvalue weighted by molar-refractivity contribution is 7.89. The van der Waals surface area contributed by atoms with Gasteiger partial charge in [0.05, 0.1) is 4.90 Å². The van der Waals surface area contributed by atoms with Crippen LogP contribution in [0.1, 0.15) is 46.0 Å². The highest BCUT2D eigenvalue weighted by Crippen LogP contribution is 2.12. The molecule has 1 unspecified atom stereocenters. The van der Waals surface area contributed by atoms with Gasteiger partial charge in [-0.2, -0.15) is 0 Å². The number of pyridine rings is 1. The first-order valence-electron chi connectivity index (χ1n) is 6.70. The molecular formula is C13H22N2O3S. The molecule has 1 atom stereocenters. The predicted molar refractivity (Wildman–Crippen MR) is 75.6 cm³/mol. The van der Waals surface area contributed by atoms with Crippen molar-refractivity contribution in [2.24, 2.45) is 0 Å². The molecule has 1 aromatic rings. The summed E-state index contributed by atoms with van der Waals surface area (Å²) in [4.78, 5) is 13.4. The maximum absolute atomic E-state index is 12.2. The van der Waals surface area contributed by atoms with Crippen LogP contribution < -0.4 is 10.3 Å². The van der Waals surface area contributed by atoms with Gasteiger partial charge >= 0.3 is 0 Å². The average molecular weight is 286 g/mol. The predicted octanol–water partition coefficient (Wildman–Crippen LogP) is 2.01. The molecule has 0 saturated carbocycles. The summed E-state index contributed by atoms with van der Waals surface area (Å²) in [5.74, 6) is 0. The number of aromatic nitrogens is 1. The molecular weight excluding hydrogens is 264 g/mol. The van der Waals surface area contributed by atoms with E-state index in [0.717, 1.165) is 32.1 Å². The topological polar surface area (TPSA) is 79.0 Å². The summed E-state index contributed by atoms with van der Waals surface area (Å²) in [7, 11) is -3.55. The lowest BCUT2D eigenvalue weighted by molar-refractivity contribution is 0.483. The first-order valence-corrected chi connectivity index (χ1v) is 8.19. The summed E-state index contributed by atoms with van der Waals surface area (Å²) in [5.41, 5.74) is -0.310. The van der Waals surface area contributed by atoms with Gasteiger partial charge < -0.3 is 4.98 Å². The minimum absolute atomic E-state index is 0.0399. The van der Waals surface area contributed by atoms with Crippen molar-refractivity contribution in [1.82, 2.24) is 9.71 Å². The second-order valence-electron chi connectivity index (χ2n) is 4.64. The van der Waals surface area contributed by atoms with Crippen LogP contribution in [0.25, 0.3) is 0 Å². The van der Waals surface area contributed by atoms with Crippen LogP contribution in [-0.2, 0) is 10.0 Å². The van der Waals surface area contributed by atoms with E-state index in [1.165, 1.54) is 18.3 Å². The summed E-state index contributed by atoms with van der Waals surface area (Å²) in [6, 6.07) is 2.50. The van der Waals surface area contributed by atoms with E-state index in [9.17, 15) is 13.2 Å². The van der Waals surface area contributed by atoms with Crippen molar-refractivity contribution >= 4 is 10.0 Å². The number of aromatic amines is 1.